The lowest BCUT2D eigenvalue weighted by atomic mass is 9.59. The molecule has 1 N–H and O–H groups in total. The monoisotopic (exact) mass is 479 g/mol. The smallest absolute Gasteiger partial charge is 0.258 e. The van der Waals surface area contributed by atoms with Crippen LogP contribution in [0.5, 0.6) is 11.5 Å². The van der Waals surface area contributed by atoms with Gasteiger partial charge < -0.3 is 19.2 Å². The minimum Gasteiger partial charge on any atom is -0.484 e. The van der Waals surface area contributed by atoms with Gasteiger partial charge in [0.05, 0.1) is 11.6 Å². The van der Waals surface area contributed by atoms with Crippen LogP contribution in [0.3, 0.4) is 0 Å². The van der Waals surface area contributed by atoms with Gasteiger partial charge in [-0.3, -0.25) is 4.79 Å². The molecule has 1 aromatic carbocycles. The molecule has 0 saturated heterocycles. The van der Waals surface area contributed by atoms with Crippen molar-refractivity contribution in [3.63, 3.8) is 0 Å². The molecule has 9 nitrogen and oxygen atoms in total. The van der Waals surface area contributed by atoms with E-state index in [-0.39, 0.29) is 30.4 Å². The average molecular weight is 480 g/mol. The van der Waals surface area contributed by atoms with E-state index in [1.807, 2.05) is 19.9 Å². The first-order valence-electron chi connectivity index (χ1n) is 11.1. The van der Waals surface area contributed by atoms with Crippen molar-refractivity contribution < 1.29 is 23.1 Å². The molecule has 0 bridgehead atoms. The zero-order chi connectivity index (χ0) is 25.2. The van der Waals surface area contributed by atoms with Gasteiger partial charge in [0.25, 0.3) is 11.8 Å². The molecular weight excluding hydrogens is 453 g/mol. The molecule has 1 amide bonds. The third-order valence-electron chi connectivity index (χ3n) is 6.02. The summed E-state index contributed by atoms with van der Waals surface area (Å²) in [5.41, 5.74) is 0.739. The van der Waals surface area contributed by atoms with Crippen LogP contribution in [0.1, 0.15) is 55.3 Å². The SMILES string of the molecule is Cc1ccc(OCC(=O)NC2(C)CC(C)(c3nnc(COc4cnc(C#N)c(C)c4)o3)C2)cc1F. The van der Waals surface area contributed by atoms with Crippen molar-refractivity contribution in [2.24, 2.45) is 0 Å². The molecule has 1 aliphatic rings. The number of halogens is 1. The molecule has 2 heterocycles. The van der Waals surface area contributed by atoms with Gasteiger partial charge in [-0.1, -0.05) is 13.0 Å². The summed E-state index contributed by atoms with van der Waals surface area (Å²) in [6, 6.07) is 8.23. The Balaban J connectivity index is 1.28. The van der Waals surface area contributed by atoms with Gasteiger partial charge in [0, 0.05) is 11.6 Å². The van der Waals surface area contributed by atoms with E-state index >= 15 is 0 Å². The van der Waals surface area contributed by atoms with Crippen molar-refractivity contribution in [2.75, 3.05) is 6.61 Å². The molecule has 3 aromatic rings. The number of benzene rings is 1. The first-order valence-corrected chi connectivity index (χ1v) is 11.1. The third-order valence-corrected chi connectivity index (χ3v) is 6.02. The van der Waals surface area contributed by atoms with Crippen LogP contribution in [0, 0.1) is 31.0 Å². The highest BCUT2D eigenvalue weighted by Crippen LogP contribution is 2.49. The van der Waals surface area contributed by atoms with E-state index in [0.717, 1.165) is 5.56 Å². The number of carbonyl (C=O) groups excluding carboxylic acids is 1. The lowest BCUT2D eigenvalue weighted by Gasteiger charge is -2.51. The van der Waals surface area contributed by atoms with E-state index in [1.54, 1.807) is 32.0 Å². The number of nitrogens with one attached hydrogen (secondary N) is 1. The molecule has 1 saturated carbocycles. The number of hydrogen-bond donors (Lipinski definition) is 1. The van der Waals surface area contributed by atoms with E-state index in [4.69, 9.17) is 19.2 Å². The lowest BCUT2D eigenvalue weighted by Crippen LogP contribution is -2.61. The van der Waals surface area contributed by atoms with Crippen LogP contribution in [0.2, 0.25) is 0 Å². The molecule has 10 heteroatoms. The number of nitrogens with zero attached hydrogens (tertiary/aromatic N) is 4. The maximum atomic E-state index is 13.6. The largest absolute Gasteiger partial charge is 0.484 e. The maximum absolute atomic E-state index is 13.6. The quantitative estimate of drug-likeness (QED) is 0.519. The number of amides is 1. The van der Waals surface area contributed by atoms with Crippen molar-refractivity contribution in [3.05, 3.63) is 64.9 Å². The number of aryl methyl sites for hydroxylation is 2. The Morgan fingerprint density at radius 3 is 2.63 bits per heavy atom. The Morgan fingerprint density at radius 2 is 1.94 bits per heavy atom. The number of aromatic nitrogens is 3. The second-order valence-electron chi connectivity index (χ2n) is 9.46. The average Bonchev–Trinajstić information content (AvgIpc) is 3.27. The molecular formula is C25H26FN5O4. The first kappa shape index (κ1) is 24.1. The second kappa shape index (κ2) is 9.33. The number of hydrogen-bond acceptors (Lipinski definition) is 8. The molecule has 0 spiro atoms. The van der Waals surface area contributed by atoms with Crippen molar-refractivity contribution >= 4 is 5.91 Å². The van der Waals surface area contributed by atoms with Crippen LogP contribution >= 0.6 is 0 Å². The van der Waals surface area contributed by atoms with Crippen molar-refractivity contribution in [1.29, 1.82) is 5.26 Å². The summed E-state index contributed by atoms with van der Waals surface area (Å²) in [5.74, 6) is 0.934. The van der Waals surface area contributed by atoms with Crippen LogP contribution in [-0.4, -0.2) is 33.2 Å². The van der Waals surface area contributed by atoms with Crippen LogP contribution in [-0.2, 0) is 16.8 Å². The summed E-state index contributed by atoms with van der Waals surface area (Å²) in [5, 5.41) is 20.2. The zero-order valence-electron chi connectivity index (χ0n) is 20.0. The number of carbonyl (C=O) groups is 1. The lowest BCUT2D eigenvalue weighted by molar-refractivity contribution is -0.127. The Labute approximate surface area is 202 Å². The minimum atomic E-state index is -0.454. The molecule has 2 aromatic heterocycles. The van der Waals surface area contributed by atoms with Crippen LogP contribution in [0.4, 0.5) is 4.39 Å². The minimum absolute atomic E-state index is 0.0705. The fourth-order valence-corrected chi connectivity index (χ4v) is 4.54. The molecule has 1 aliphatic carbocycles. The van der Waals surface area contributed by atoms with Crippen molar-refractivity contribution in [3.8, 4) is 17.6 Å². The van der Waals surface area contributed by atoms with Gasteiger partial charge in [0.2, 0.25) is 5.89 Å². The molecule has 0 radical (unpaired) electrons. The highest BCUT2D eigenvalue weighted by molar-refractivity contribution is 5.78. The fraction of sp³-hybridized carbons (Fsp3) is 0.400. The van der Waals surface area contributed by atoms with E-state index < -0.39 is 5.54 Å². The Morgan fingerprint density at radius 1 is 1.17 bits per heavy atom. The highest BCUT2D eigenvalue weighted by Gasteiger charge is 2.53. The maximum Gasteiger partial charge on any atom is 0.258 e. The van der Waals surface area contributed by atoms with Crippen molar-refractivity contribution in [1.82, 2.24) is 20.5 Å². The topological polar surface area (TPSA) is 123 Å². The molecule has 1 fully saturated rings. The van der Waals surface area contributed by atoms with Gasteiger partial charge in [-0.05, 0) is 56.9 Å². The number of rotatable bonds is 8. The van der Waals surface area contributed by atoms with Gasteiger partial charge in [-0.15, -0.1) is 10.2 Å². The number of ether oxygens (including phenoxy) is 2. The Kier molecular flexibility index (Phi) is 6.43. The summed E-state index contributed by atoms with van der Waals surface area (Å²) in [7, 11) is 0. The van der Waals surface area contributed by atoms with E-state index in [2.05, 4.69) is 20.5 Å². The van der Waals surface area contributed by atoms with Crippen LogP contribution in [0.15, 0.2) is 34.9 Å². The first-order chi connectivity index (χ1) is 16.6. The zero-order valence-corrected chi connectivity index (χ0v) is 20.0. The van der Waals surface area contributed by atoms with Gasteiger partial charge in [-0.2, -0.15) is 5.26 Å². The Hall–Kier alpha value is -4.00. The van der Waals surface area contributed by atoms with E-state index in [0.29, 0.717) is 47.4 Å². The summed E-state index contributed by atoms with van der Waals surface area (Å²) in [6.45, 7) is 7.25. The van der Waals surface area contributed by atoms with Crippen LogP contribution in [0.25, 0.3) is 0 Å². The molecule has 4 rings (SSSR count). The molecule has 35 heavy (non-hydrogen) atoms. The van der Waals surface area contributed by atoms with E-state index in [9.17, 15) is 9.18 Å². The standard InChI is InChI=1S/C25H26FN5O4/c1-15-5-6-17(8-19(15)26)33-11-21(32)29-25(4)13-24(3,14-25)23-31-30-22(35-23)12-34-18-7-16(2)20(9-27)28-10-18/h5-8,10H,11-14H2,1-4H3,(H,29,32). The van der Waals surface area contributed by atoms with E-state index in [1.165, 1.54) is 12.3 Å². The predicted octanol–water partition coefficient (Wildman–Crippen LogP) is 3.68. The fourth-order valence-electron chi connectivity index (χ4n) is 4.54. The Bertz CT molecular complexity index is 1290. The number of nitriles is 1. The summed E-state index contributed by atoms with van der Waals surface area (Å²) in [6.07, 6.45) is 2.68. The van der Waals surface area contributed by atoms with Gasteiger partial charge in [0.1, 0.15) is 29.1 Å². The van der Waals surface area contributed by atoms with Gasteiger partial charge >= 0.3 is 0 Å². The second-order valence-corrected chi connectivity index (χ2v) is 9.46. The summed E-state index contributed by atoms with van der Waals surface area (Å²) < 4.78 is 30.5. The van der Waals surface area contributed by atoms with Gasteiger partial charge in [0.15, 0.2) is 13.2 Å². The number of pyridine rings is 1. The predicted molar refractivity (Wildman–Crippen MR) is 122 cm³/mol. The third kappa shape index (κ3) is 5.40. The summed E-state index contributed by atoms with van der Waals surface area (Å²) >= 11 is 0. The summed E-state index contributed by atoms with van der Waals surface area (Å²) in [4.78, 5) is 16.4. The molecule has 0 aliphatic heterocycles. The highest BCUT2D eigenvalue weighted by atomic mass is 19.1. The van der Waals surface area contributed by atoms with Gasteiger partial charge in [-0.25, -0.2) is 9.37 Å². The van der Waals surface area contributed by atoms with Crippen molar-refractivity contribution in [2.45, 2.75) is 58.1 Å². The normalized spacial score (nSPS) is 21.0. The molecule has 0 unspecified atom stereocenters. The van der Waals surface area contributed by atoms with Crippen LogP contribution < -0.4 is 14.8 Å². The molecule has 182 valence electrons. The molecule has 0 atom stereocenters.